The molecule has 0 N–H and O–H groups in total. The van der Waals surface area contributed by atoms with Gasteiger partial charge >= 0.3 is 0 Å². The van der Waals surface area contributed by atoms with E-state index < -0.39 is 0 Å². The fourth-order valence-electron chi connectivity index (χ4n) is 1.33. The molecule has 0 aliphatic heterocycles. The minimum absolute atomic E-state index is 1.02. The molecule has 0 radical (unpaired) electrons. The molecule has 0 heterocycles. The van der Waals surface area contributed by atoms with Crippen molar-refractivity contribution < 1.29 is 0 Å². The van der Waals surface area contributed by atoms with Crippen LogP contribution in [-0.2, 0) is 0 Å². The Labute approximate surface area is 92.5 Å². The van der Waals surface area contributed by atoms with Gasteiger partial charge in [0, 0.05) is 0 Å². The first-order valence-electron chi connectivity index (χ1n) is 5.26. The first-order valence-corrected chi connectivity index (χ1v) is 5.89. The van der Waals surface area contributed by atoms with Gasteiger partial charge in [-0.25, -0.2) is 0 Å². The van der Waals surface area contributed by atoms with Crippen molar-refractivity contribution in [3.63, 3.8) is 0 Å². The Morgan fingerprint density at radius 1 is 1.00 bits per heavy atom. The van der Waals surface area contributed by atoms with E-state index in [-0.39, 0.29) is 0 Å². The smallest absolute Gasteiger partial charge is 0.00979 e. The number of benzene rings is 1. The summed E-state index contributed by atoms with van der Waals surface area (Å²) in [5, 5.41) is 0. The van der Waals surface area contributed by atoms with E-state index in [4.69, 9.17) is 0 Å². The van der Waals surface area contributed by atoms with Crippen molar-refractivity contribution in [3.8, 4) is 0 Å². The van der Waals surface area contributed by atoms with Gasteiger partial charge in [0.1, 0.15) is 0 Å². The molecule has 76 valence electrons. The summed E-state index contributed by atoms with van der Waals surface area (Å²) < 4.78 is 0. The zero-order valence-corrected chi connectivity index (χ0v) is 9.42. The lowest BCUT2D eigenvalue weighted by Crippen LogP contribution is -1.76. The van der Waals surface area contributed by atoms with Gasteiger partial charge in [0.05, 0.1) is 0 Å². The first kappa shape index (κ1) is 11.4. The van der Waals surface area contributed by atoms with E-state index in [1.165, 1.54) is 31.2 Å². The molecular weight excluding hydrogens is 188 g/mol. The Morgan fingerprint density at radius 3 is 2.50 bits per heavy atom. The van der Waals surface area contributed by atoms with E-state index in [2.05, 4.69) is 49.0 Å². The van der Waals surface area contributed by atoms with E-state index in [9.17, 15) is 0 Å². The standard InChI is InChI=1S/C13H18S/c14-12-8-3-1-2-5-9-13-10-6-4-7-11-13/h4-7,9-11,14H,1-3,8,12H2/b9-5+. The summed E-state index contributed by atoms with van der Waals surface area (Å²) >= 11 is 4.18. The van der Waals surface area contributed by atoms with Crippen molar-refractivity contribution in [1.29, 1.82) is 0 Å². The molecule has 14 heavy (non-hydrogen) atoms. The maximum atomic E-state index is 4.18. The van der Waals surface area contributed by atoms with Crippen molar-refractivity contribution in [2.24, 2.45) is 0 Å². The number of rotatable bonds is 6. The van der Waals surface area contributed by atoms with E-state index in [1.54, 1.807) is 0 Å². The summed E-state index contributed by atoms with van der Waals surface area (Å²) in [6, 6.07) is 10.4. The molecule has 1 heteroatoms. The molecule has 1 rings (SSSR count). The van der Waals surface area contributed by atoms with Gasteiger partial charge in [-0.05, 0) is 30.6 Å². The SMILES string of the molecule is SCCCCC/C=C/c1ccccc1. The molecular formula is C13H18S. The minimum atomic E-state index is 1.02. The van der Waals surface area contributed by atoms with Crippen molar-refractivity contribution in [2.45, 2.75) is 25.7 Å². The van der Waals surface area contributed by atoms with Crippen LogP contribution in [0.5, 0.6) is 0 Å². The summed E-state index contributed by atoms with van der Waals surface area (Å²) in [6.45, 7) is 0. The maximum Gasteiger partial charge on any atom is -0.00979 e. The third kappa shape index (κ3) is 5.13. The van der Waals surface area contributed by atoms with Crippen LogP contribution in [0, 0.1) is 0 Å². The van der Waals surface area contributed by atoms with E-state index >= 15 is 0 Å². The van der Waals surface area contributed by atoms with Gasteiger partial charge in [0.25, 0.3) is 0 Å². The molecule has 0 fully saturated rings. The predicted octanol–water partition coefficient (Wildman–Crippen LogP) is 4.19. The molecule has 0 aromatic heterocycles. The molecule has 0 aliphatic carbocycles. The van der Waals surface area contributed by atoms with Crippen LogP contribution in [0.25, 0.3) is 6.08 Å². The Hall–Kier alpha value is -0.690. The van der Waals surface area contributed by atoms with E-state index in [0.717, 1.165) is 5.75 Å². The van der Waals surface area contributed by atoms with Gasteiger partial charge in [-0.15, -0.1) is 0 Å². The highest BCUT2D eigenvalue weighted by Gasteiger charge is 1.85. The van der Waals surface area contributed by atoms with Crippen LogP contribution in [0.1, 0.15) is 31.2 Å². The van der Waals surface area contributed by atoms with Gasteiger partial charge < -0.3 is 0 Å². The lowest BCUT2D eigenvalue weighted by molar-refractivity contribution is 0.736. The van der Waals surface area contributed by atoms with Crippen LogP contribution < -0.4 is 0 Å². The molecule has 0 saturated carbocycles. The molecule has 0 atom stereocenters. The number of unbranched alkanes of at least 4 members (excludes halogenated alkanes) is 3. The van der Waals surface area contributed by atoms with Gasteiger partial charge in [-0.1, -0.05) is 48.9 Å². The Morgan fingerprint density at radius 2 is 1.79 bits per heavy atom. The Kier molecular flexibility index (Phi) is 6.25. The van der Waals surface area contributed by atoms with E-state index in [1.807, 2.05) is 6.07 Å². The molecule has 0 aliphatic rings. The number of thiol groups is 1. The van der Waals surface area contributed by atoms with Gasteiger partial charge in [0.2, 0.25) is 0 Å². The van der Waals surface area contributed by atoms with Crippen LogP contribution in [0.15, 0.2) is 36.4 Å². The largest absolute Gasteiger partial charge is 0.179 e. The number of hydrogen-bond donors (Lipinski definition) is 1. The first-order chi connectivity index (χ1) is 6.93. The van der Waals surface area contributed by atoms with Crippen molar-refractivity contribution in [2.75, 3.05) is 5.75 Å². The average molecular weight is 206 g/mol. The summed E-state index contributed by atoms with van der Waals surface area (Å²) in [5.74, 6) is 1.02. The summed E-state index contributed by atoms with van der Waals surface area (Å²) in [7, 11) is 0. The normalized spacial score (nSPS) is 10.9. The minimum Gasteiger partial charge on any atom is -0.179 e. The molecule has 0 saturated heterocycles. The van der Waals surface area contributed by atoms with E-state index in [0.29, 0.717) is 0 Å². The third-order valence-electron chi connectivity index (χ3n) is 2.14. The monoisotopic (exact) mass is 206 g/mol. The lowest BCUT2D eigenvalue weighted by atomic mass is 10.1. The van der Waals surface area contributed by atoms with Crippen LogP contribution in [0.3, 0.4) is 0 Å². The summed E-state index contributed by atoms with van der Waals surface area (Å²) in [6.07, 6.45) is 9.45. The summed E-state index contributed by atoms with van der Waals surface area (Å²) in [4.78, 5) is 0. The number of hydrogen-bond acceptors (Lipinski definition) is 1. The predicted molar refractivity (Wildman–Crippen MR) is 67.8 cm³/mol. The maximum absolute atomic E-state index is 4.18. The van der Waals surface area contributed by atoms with Crippen LogP contribution >= 0.6 is 12.6 Å². The van der Waals surface area contributed by atoms with Crippen molar-refractivity contribution >= 4 is 18.7 Å². The van der Waals surface area contributed by atoms with Crippen LogP contribution in [0.2, 0.25) is 0 Å². The second-order valence-electron chi connectivity index (χ2n) is 3.39. The average Bonchev–Trinajstić information content (AvgIpc) is 2.25. The second kappa shape index (κ2) is 7.69. The molecule has 0 unspecified atom stereocenters. The Bertz CT molecular complexity index is 251. The van der Waals surface area contributed by atoms with Gasteiger partial charge in [-0.2, -0.15) is 12.6 Å². The molecule has 1 aromatic rings. The van der Waals surface area contributed by atoms with Gasteiger partial charge in [-0.3, -0.25) is 0 Å². The van der Waals surface area contributed by atoms with Crippen molar-refractivity contribution in [3.05, 3.63) is 42.0 Å². The summed E-state index contributed by atoms with van der Waals surface area (Å²) in [5.41, 5.74) is 1.29. The van der Waals surface area contributed by atoms with Crippen LogP contribution in [-0.4, -0.2) is 5.75 Å². The molecule has 0 bridgehead atoms. The van der Waals surface area contributed by atoms with Gasteiger partial charge in [0.15, 0.2) is 0 Å². The number of allylic oxidation sites excluding steroid dienone is 1. The zero-order chi connectivity index (χ0) is 10.1. The molecule has 1 aromatic carbocycles. The zero-order valence-electron chi connectivity index (χ0n) is 8.52. The van der Waals surface area contributed by atoms with Crippen molar-refractivity contribution in [1.82, 2.24) is 0 Å². The van der Waals surface area contributed by atoms with Crippen LogP contribution in [0.4, 0.5) is 0 Å². The quantitative estimate of drug-likeness (QED) is 0.523. The Balaban J connectivity index is 2.15. The highest BCUT2D eigenvalue weighted by molar-refractivity contribution is 7.80. The molecule has 0 nitrogen and oxygen atoms in total. The molecule has 0 amide bonds. The highest BCUT2D eigenvalue weighted by Crippen LogP contribution is 2.05. The lowest BCUT2D eigenvalue weighted by Gasteiger charge is -1.94. The third-order valence-corrected chi connectivity index (χ3v) is 2.46. The fraction of sp³-hybridized carbons (Fsp3) is 0.385. The highest BCUT2D eigenvalue weighted by atomic mass is 32.1. The fourth-order valence-corrected chi connectivity index (χ4v) is 1.56. The molecule has 0 spiro atoms. The second-order valence-corrected chi connectivity index (χ2v) is 3.83. The topological polar surface area (TPSA) is 0 Å².